The van der Waals surface area contributed by atoms with E-state index in [1.165, 1.54) is 0 Å². The Bertz CT molecular complexity index is 1080. The lowest BCUT2D eigenvalue weighted by atomic mass is 9.75. The summed E-state index contributed by atoms with van der Waals surface area (Å²) in [6.07, 6.45) is 1.18. The molecule has 0 spiro atoms. The number of nitrogens with one attached hydrogen (secondary N) is 2. The highest BCUT2D eigenvalue weighted by Crippen LogP contribution is 2.38. The molecule has 29 heavy (non-hydrogen) atoms. The molecular weight excluding hydrogens is 384 g/mol. The number of halogens is 1. The second-order valence-electron chi connectivity index (χ2n) is 8.24. The van der Waals surface area contributed by atoms with Crippen molar-refractivity contribution in [3.63, 3.8) is 0 Å². The summed E-state index contributed by atoms with van der Waals surface area (Å²) in [5.41, 5.74) is 3.86. The van der Waals surface area contributed by atoms with Crippen LogP contribution in [-0.2, 0) is 6.42 Å². The summed E-state index contributed by atoms with van der Waals surface area (Å²) in [7, 11) is 0. The van der Waals surface area contributed by atoms with Crippen molar-refractivity contribution in [2.24, 2.45) is 5.41 Å². The highest BCUT2D eigenvalue weighted by Gasteiger charge is 2.35. The molecule has 4 rings (SSSR count). The van der Waals surface area contributed by atoms with Crippen molar-refractivity contribution in [3.05, 3.63) is 70.4 Å². The van der Waals surface area contributed by atoms with E-state index in [9.17, 15) is 4.79 Å². The van der Waals surface area contributed by atoms with Crippen LogP contribution in [0.15, 0.2) is 48.5 Å². The van der Waals surface area contributed by atoms with E-state index in [2.05, 4.69) is 34.4 Å². The molecule has 1 aliphatic rings. The zero-order valence-electron chi connectivity index (χ0n) is 16.7. The normalized spacial score (nSPS) is 15.0. The fourth-order valence-corrected chi connectivity index (χ4v) is 3.75. The fourth-order valence-electron chi connectivity index (χ4n) is 3.57. The van der Waals surface area contributed by atoms with Crippen molar-refractivity contribution in [2.75, 3.05) is 10.6 Å². The monoisotopic (exact) mass is 406 g/mol. The summed E-state index contributed by atoms with van der Waals surface area (Å²) in [6.45, 7) is 6.13. The van der Waals surface area contributed by atoms with Crippen LogP contribution in [0.1, 0.15) is 41.9 Å². The zero-order valence-corrected chi connectivity index (χ0v) is 17.5. The van der Waals surface area contributed by atoms with Gasteiger partial charge in [0.2, 0.25) is 5.95 Å². The Balaban J connectivity index is 1.78. The second-order valence-corrected chi connectivity index (χ2v) is 8.65. The van der Waals surface area contributed by atoms with Gasteiger partial charge in [0, 0.05) is 22.8 Å². The third kappa shape index (κ3) is 4.25. The van der Waals surface area contributed by atoms with Gasteiger partial charge in [0.1, 0.15) is 5.82 Å². The molecule has 6 heteroatoms. The number of ketones is 1. The summed E-state index contributed by atoms with van der Waals surface area (Å²) >= 11 is 6.28. The molecule has 1 aromatic heterocycles. The molecule has 148 valence electrons. The largest absolute Gasteiger partial charge is 0.339 e. The minimum atomic E-state index is -0.132. The Morgan fingerprint density at radius 3 is 2.45 bits per heavy atom. The first-order valence-electron chi connectivity index (χ1n) is 9.60. The van der Waals surface area contributed by atoms with Crippen molar-refractivity contribution >= 4 is 40.5 Å². The molecule has 0 saturated heterocycles. The number of rotatable bonds is 4. The molecule has 2 aromatic carbocycles. The molecule has 1 heterocycles. The second kappa shape index (κ2) is 7.48. The average Bonchev–Trinajstić information content (AvgIpc) is 2.64. The van der Waals surface area contributed by atoms with Gasteiger partial charge in [0.15, 0.2) is 5.78 Å². The Morgan fingerprint density at radius 1 is 0.966 bits per heavy atom. The van der Waals surface area contributed by atoms with E-state index >= 15 is 0 Å². The standard InChI is InChI=1S/C23H23ClN4O/c1-14-9-10-16(11-17(14)24)25-21-20-18(12-23(2,3)13-19(20)29)27-22(28-21)26-15-7-5-4-6-8-15/h4-11H,12-13H2,1-3H3,(H2,25,26,27,28). The van der Waals surface area contributed by atoms with Crippen LogP contribution in [0.5, 0.6) is 0 Å². The van der Waals surface area contributed by atoms with Crippen LogP contribution >= 0.6 is 11.6 Å². The van der Waals surface area contributed by atoms with E-state index in [1.807, 2.05) is 55.5 Å². The van der Waals surface area contributed by atoms with E-state index in [1.54, 1.807) is 0 Å². The van der Waals surface area contributed by atoms with E-state index < -0.39 is 0 Å². The van der Waals surface area contributed by atoms with Gasteiger partial charge in [-0.3, -0.25) is 4.79 Å². The molecule has 0 unspecified atom stereocenters. The molecule has 0 radical (unpaired) electrons. The maximum Gasteiger partial charge on any atom is 0.229 e. The van der Waals surface area contributed by atoms with Crippen LogP contribution < -0.4 is 10.6 Å². The van der Waals surface area contributed by atoms with E-state index in [0.29, 0.717) is 35.2 Å². The van der Waals surface area contributed by atoms with Crippen LogP contribution in [0.25, 0.3) is 0 Å². The number of benzene rings is 2. The Kier molecular flexibility index (Phi) is 5.01. The van der Waals surface area contributed by atoms with Crippen LogP contribution in [0.4, 0.5) is 23.1 Å². The lowest BCUT2D eigenvalue weighted by Crippen LogP contribution is -2.29. The molecule has 2 N–H and O–H groups in total. The van der Waals surface area contributed by atoms with E-state index in [-0.39, 0.29) is 11.2 Å². The Hall–Kier alpha value is -2.92. The third-order valence-electron chi connectivity index (χ3n) is 5.01. The quantitative estimate of drug-likeness (QED) is 0.549. The number of fused-ring (bicyclic) bond motifs is 1. The van der Waals surface area contributed by atoms with E-state index in [0.717, 1.165) is 22.6 Å². The molecule has 1 aliphatic carbocycles. The van der Waals surface area contributed by atoms with Gasteiger partial charge in [-0.05, 0) is 48.6 Å². The molecule has 3 aromatic rings. The SMILES string of the molecule is Cc1ccc(Nc2nc(Nc3ccccc3)nc3c2C(=O)CC(C)(C)C3)cc1Cl. The maximum absolute atomic E-state index is 12.9. The summed E-state index contributed by atoms with van der Waals surface area (Å²) in [6, 6.07) is 15.4. The zero-order chi connectivity index (χ0) is 20.6. The summed E-state index contributed by atoms with van der Waals surface area (Å²) in [5.74, 6) is 1.03. The van der Waals surface area contributed by atoms with Crippen LogP contribution in [0, 0.1) is 12.3 Å². The Labute approximate surface area is 175 Å². The van der Waals surface area contributed by atoms with Crippen LogP contribution in [0.2, 0.25) is 5.02 Å². The number of hydrogen-bond donors (Lipinski definition) is 2. The fraction of sp³-hybridized carbons (Fsp3) is 0.261. The van der Waals surface area contributed by atoms with Gasteiger partial charge in [-0.2, -0.15) is 4.98 Å². The van der Waals surface area contributed by atoms with Crippen molar-refractivity contribution < 1.29 is 4.79 Å². The summed E-state index contributed by atoms with van der Waals surface area (Å²) in [4.78, 5) is 22.2. The van der Waals surface area contributed by atoms with Crippen molar-refractivity contribution in [3.8, 4) is 0 Å². The molecule has 0 fully saturated rings. The number of carbonyl (C=O) groups excluding carboxylic acids is 1. The van der Waals surface area contributed by atoms with Crippen molar-refractivity contribution in [1.82, 2.24) is 9.97 Å². The smallest absolute Gasteiger partial charge is 0.229 e. The average molecular weight is 407 g/mol. The first-order chi connectivity index (χ1) is 13.8. The highest BCUT2D eigenvalue weighted by molar-refractivity contribution is 6.31. The summed E-state index contributed by atoms with van der Waals surface area (Å²) < 4.78 is 0. The van der Waals surface area contributed by atoms with E-state index in [4.69, 9.17) is 11.6 Å². The lowest BCUT2D eigenvalue weighted by Gasteiger charge is -2.30. The van der Waals surface area contributed by atoms with Gasteiger partial charge in [-0.1, -0.05) is 49.7 Å². The molecule has 0 bridgehead atoms. The maximum atomic E-state index is 12.9. The molecule has 0 saturated carbocycles. The number of carbonyl (C=O) groups is 1. The number of aryl methyl sites for hydroxylation is 1. The molecule has 5 nitrogen and oxygen atoms in total. The number of anilines is 4. The number of para-hydroxylation sites is 1. The molecule has 0 atom stereocenters. The molecular formula is C23H23ClN4O. The van der Waals surface area contributed by atoms with Gasteiger partial charge >= 0.3 is 0 Å². The first kappa shape index (κ1) is 19.4. The van der Waals surface area contributed by atoms with Crippen LogP contribution in [0.3, 0.4) is 0 Å². The number of hydrogen-bond acceptors (Lipinski definition) is 5. The minimum Gasteiger partial charge on any atom is -0.339 e. The molecule has 0 aliphatic heterocycles. The predicted octanol–water partition coefficient (Wildman–Crippen LogP) is 6.08. The first-order valence-corrected chi connectivity index (χ1v) is 9.98. The predicted molar refractivity (Wildman–Crippen MR) is 118 cm³/mol. The van der Waals surface area contributed by atoms with Gasteiger partial charge in [-0.15, -0.1) is 0 Å². The van der Waals surface area contributed by atoms with Crippen molar-refractivity contribution in [2.45, 2.75) is 33.6 Å². The summed E-state index contributed by atoms with van der Waals surface area (Å²) in [5, 5.41) is 7.19. The van der Waals surface area contributed by atoms with Gasteiger partial charge < -0.3 is 10.6 Å². The van der Waals surface area contributed by atoms with Gasteiger partial charge in [0.05, 0.1) is 11.3 Å². The topological polar surface area (TPSA) is 66.9 Å². The molecule has 0 amide bonds. The Morgan fingerprint density at radius 2 is 1.72 bits per heavy atom. The van der Waals surface area contributed by atoms with Gasteiger partial charge in [0.25, 0.3) is 0 Å². The van der Waals surface area contributed by atoms with Crippen molar-refractivity contribution in [1.29, 1.82) is 0 Å². The lowest BCUT2D eigenvalue weighted by molar-refractivity contribution is 0.0911. The van der Waals surface area contributed by atoms with Gasteiger partial charge in [-0.25, -0.2) is 4.98 Å². The van der Waals surface area contributed by atoms with Crippen LogP contribution in [-0.4, -0.2) is 15.8 Å². The number of aromatic nitrogens is 2. The highest BCUT2D eigenvalue weighted by atomic mass is 35.5. The third-order valence-corrected chi connectivity index (χ3v) is 5.42. The minimum absolute atomic E-state index is 0.0585. The number of nitrogens with zero attached hydrogens (tertiary/aromatic N) is 2. The number of Topliss-reactive ketones (excluding diaryl/α,β-unsaturated/α-hetero) is 1.